The molecule has 17 N–H and O–H groups in total. The first-order valence-corrected chi connectivity index (χ1v) is 26.9. The molecular weight excluding hydrogens is 1060 g/mol. The highest BCUT2D eigenvalue weighted by Crippen LogP contribution is 2.74. The SMILES string of the molecule is C.C=C1C[C@@]23CC[C@H]4[C@@](C)(CCC[C@@]4(C)C(=O)OC4OC(CO)C(O)C(OC5OC(CO)C(O)C(O)C5O)C4O)[C@@H]2CC[C@]1(OC1OC(CO)C(O)C(OC2OC(CO)C(O)C(O)C2O)C1OC1OC(CO)C(O)C(O)C1O)C3. The monoisotopic (exact) mass is 1140 g/mol. The summed E-state index contributed by atoms with van der Waals surface area (Å²) in [5, 5.41) is 181. The molecule has 9 aliphatic rings. The van der Waals surface area contributed by atoms with E-state index < -0.39 is 214 Å². The van der Waals surface area contributed by atoms with Crippen molar-refractivity contribution < 1.29 is 139 Å². The Morgan fingerprint density at radius 1 is 0.494 bits per heavy atom. The fraction of sp³-hybridized carbons (Fsp3) is 0.941. The van der Waals surface area contributed by atoms with Crippen molar-refractivity contribution in [2.45, 2.75) is 238 Å². The van der Waals surface area contributed by atoms with Crippen LogP contribution in [0.3, 0.4) is 0 Å². The fourth-order valence-electron chi connectivity index (χ4n) is 15.0. The highest BCUT2D eigenvalue weighted by Gasteiger charge is 2.70. The number of carbonyl (C=O) groups is 1. The van der Waals surface area contributed by atoms with E-state index in [0.717, 1.165) is 0 Å². The zero-order valence-corrected chi connectivity index (χ0v) is 43.3. The van der Waals surface area contributed by atoms with Gasteiger partial charge in [0.2, 0.25) is 6.29 Å². The van der Waals surface area contributed by atoms with E-state index in [2.05, 4.69) is 13.5 Å². The molecule has 79 heavy (non-hydrogen) atoms. The molecule has 5 saturated heterocycles. The van der Waals surface area contributed by atoms with Crippen LogP contribution in [-0.2, 0) is 52.2 Å². The molecule has 9 rings (SSSR count). The van der Waals surface area contributed by atoms with Crippen LogP contribution in [0.25, 0.3) is 0 Å². The molecule has 0 aromatic rings. The van der Waals surface area contributed by atoms with Gasteiger partial charge in [0, 0.05) is 0 Å². The molecular formula is C51H84O28. The Morgan fingerprint density at radius 3 is 1.41 bits per heavy atom. The van der Waals surface area contributed by atoms with Crippen molar-refractivity contribution in [1.29, 1.82) is 0 Å². The van der Waals surface area contributed by atoms with Crippen LogP contribution in [0.4, 0.5) is 0 Å². The lowest BCUT2D eigenvalue weighted by molar-refractivity contribution is -0.400. The van der Waals surface area contributed by atoms with Crippen molar-refractivity contribution >= 4 is 5.97 Å². The average Bonchev–Trinajstić information content (AvgIpc) is 3.85. The van der Waals surface area contributed by atoms with Gasteiger partial charge < -0.3 is 134 Å². The first kappa shape index (κ1) is 63.2. The third-order valence-corrected chi connectivity index (χ3v) is 19.2. The van der Waals surface area contributed by atoms with Crippen molar-refractivity contribution in [3.63, 3.8) is 0 Å². The van der Waals surface area contributed by atoms with Gasteiger partial charge in [-0.3, -0.25) is 4.79 Å². The van der Waals surface area contributed by atoms with Gasteiger partial charge in [0.25, 0.3) is 0 Å². The molecule has 1 spiro atoms. The number of esters is 1. The number of hydrogen-bond donors (Lipinski definition) is 17. The number of fused-ring (bicyclic) bond motifs is 3. The zero-order chi connectivity index (χ0) is 56.7. The van der Waals surface area contributed by atoms with Crippen molar-refractivity contribution in [2.75, 3.05) is 33.0 Å². The van der Waals surface area contributed by atoms with Crippen molar-refractivity contribution in [1.82, 2.24) is 0 Å². The minimum absolute atomic E-state index is 0. The standard InChI is InChI=1S/C50H80O28.CH4/c1-18-11-49-9-5-24-47(2,7-4-8-48(24,3)46(68)77-44-37(67)38(29(59)22(15-54)72-44)74-41-34(64)31(61)26(56)19(12-51)69-41)25(49)6-10-50(18,17-49)78-45-40(76-43-36(66)33(63)28(58)21(14-53)71-43)39(30(60)23(16-55)73-45)75-42-35(65)32(62)27(57)20(13-52)70-42;/h19-45,51-67H,1,4-17H2,2-3H3;1H4/t19?,20?,21?,22?,23?,24-,25-,26?,27?,28?,29?,30?,31?,32?,33?,34?,35?,36?,37?,38?,39?,40?,41?,42?,43?,44?,45?,47+,48+,49+,50-;/m0./s1. The Hall–Kier alpha value is -1.83. The highest BCUT2D eigenvalue weighted by atomic mass is 16.8. The Morgan fingerprint density at radius 2 is 0.911 bits per heavy atom. The molecule has 5 aliphatic heterocycles. The van der Waals surface area contributed by atoms with Gasteiger partial charge in [-0.15, -0.1) is 0 Å². The second-order valence-corrected chi connectivity index (χ2v) is 23.6. The normalized spacial score (nSPS) is 53.8. The summed E-state index contributed by atoms with van der Waals surface area (Å²) >= 11 is 0. The van der Waals surface area contributed by atoms with E-state index in [0.29, 0.717) is 63.4 Å². The molecule has 4 saturated carbocycles. The highest BCUT2D eigenvalue weighted by molar-refractivity contribution is 5.77. The smallest absolute Gasteiger partial charge is 0.314 e. The summed E-state index contributed by atoms with van der Waals surface area (Å²) in [5.74, 6) is -1.10. The van der Waals surface area contributed by atoms with Gasteiger partial charge in [0.15, 0.2) is 25.2 Å². The van der Waals surface area contributed by atoms with E-state index >= 15 is 0 Å². The average molecular weight is 1150 g/mol. The maximum atomic E-state index is 14.8. The Bertz CT molecular complexity index is 2070. The summed E-state index contributed by atoms with van der Waals surface area (Å²) in [4.78, 5) is 14.8. The molecule has 9 fully saturated rings. The lowest BCUT2D eigenvalue weighted by atomic mass is 9.41. The topological polar surface area (TPSA) is 453 Å². The number of hydrogen-bond acceptors (Lipinski definition) is 28. The number of aliphatic hydroxyl groups is 17. The van der Waals surface area contributed by atoms with E-state index in [-0.39, 0.29) is 19.3 Å². The molecule has 456 valence electrons. The van der Waals surface area contributed by atoms with Gasteiger partial charge in [0.05, 0.1) is 44.1 Å². The summed E-state index contributed by atoms with van der Waals surface area (Å²) in [6.45, 7) is 4.32. The third-order valence-electron chi connectivity index (χ3n) is 19.2. The van der Waals surface area contributed by atoms with Crippen molar-refractivity contribution in [2.24, 2.45) is 28.1 Å². The summed E-state index contributed by atoms with van der Waals surface area (Å²) in [6.07, 6.45) is -39.7. The predicted octanol–water partition coefficient (Wildman–Crippen LogP) is -6.65. The minimum atomic E-state index is -1.99. The zero-order valence-electron chi connectivity index (χ0n) is 43.3. The van der Waals surface area contributed by atoms with Crippen LogP contribution in [0.1, 0.15) is 79.1 Å². The quantitative estimate of drug-likeness (QED) is 0.0412. The molecule has 2 bridgehead atoms. The van der Waals surface area contributed by atoms with Crippen LogP contribution in [0.5, 0.6) is 0 Å². The van der Waals surface area contributed by atoms with Crippen LogP contribution in [0.15, 0.2) is 12.2 Å². The second-order valence-electron chi connectivity index (χ2n) is 23.6. The number of rotatable bonds is 15. The Kier molecular flexibility index (Phi) is 19.4. The van der Waals surface area contributed by atoms with Crippen LogP contribution < -0.4 is 0 Å². The lowest BCUT2D eigenvalue weighted by Crippen LogP contribution is -2.68. The van der Waals surface area contributed by atoms with E-state index in [1.54, 1.807) is 6.92 Å². The van der Waals surface area contributed by atoms with Crippen LogP contribution >= 0.6 is 0 Å². The van der Waals surface area contributed by atoms with Gasteiger partial charge in [-0.1, -0.05) is 27.4 Å². The Labute approximate surface area is 455 Å². The predicted molar refractivity (Wildman–Crippen MR) is 258 cm³/mol. The molecule has 28 heteroatoms. The summed E-state index contributed by atoms with van der Waals surface area (Å²) in [5.41, 5.74) is -2.75. The number of carbonyl (C=O) groups excluding carboxylic acids is 1. The molecule has 0 aromatic carbocycles. The van der Waals surface area contributed by atoms with Gasteiger partial charge in [-0.2, -0.15) is 0 Å². The second kappa shape index (κ2) is 24.3. The first-order valence-electron chi connectivity index (χ1n) is 26.9. The summed E-state index contributed by atoms with van der Waals surface area (Å²) in [6, 6.07) is 0. The van der Waals surface area contributed by atoms with Crippen LogP contribution in [-0.4, -0.2) is 285 Å². The molecule has 4 aliphatic carbocycles. The van der Waals surface area contributed by atoms with Gasteiger partial charge in [0.1, 0.15) is 122 Å². The minimum Gasteiger partial charge on any atom is -0.432 e. The molecule has 5 heterocycles. The van der Waals surface area contributed by atoms with E-state index in [1.165, 1.54) is 0 Å². The van der Waals surface area contributed by atoms with E-state index in [4.69, 9.17) is 47.4 Å². The first-order chi connectivity index (χ1) is 36.9. The molecule has 28 nitrogen and oxygen atoms in total. The van der Waals surface area contributed by atoms with Gasteiger partial charge in [-0.25, -0.2) is 0 Å². The molecule has 0 radical (unpaired) electrons. The van der Waals surface area contributed by atoms with E-state index in [9.17, 15) is 91.6 Å². The van der Waals surface area contributed by atoms with Crippen molar-refractivity contribution in [3.05, 3.63) is 12.2 Å². The summed E-state index contributed by atoms with van der Waals surface area (Å²) < 4.78 is 59.9. The molecule has 25 unspecified atom stereocenters. The fourth-order valence-corrected chi connectivity index (χ4v) is 15.0. The maximum absolute atomic E-state index is 14.8. The lowest BCUT2D eigenvalue weighted by Gasteiger charge is -2.64. The van der Waals surface area contributed by atoms with Crippen LogP contribution in [0.2, 0.25) is 0 Å². The molecule has 0 amide bonds. The van der Waals surface area contributed by atoms with Crippen molar-refractivity contribution in [3.8, 4) is 0 Å². The van der Waals surface area contributed by atoms with Crippen LogP contribution in [0, 0.1) is 28.1 Å². The number of aliphatic hydroxyl groups excluding tert-OH is 17. The van der Waals surface area contributed by atoms with Gasteiger partial charge in [-0.05, 0) is 86.5 Å². The largest absolute Gasteiger partial charge is 0.432 e. The number of ether oxygens (including phenoxy) is 10. The third kappa shape index (κ3) is 10.9. The van der Waals surface area contributed by atoms with Gasteiger partial charge >= 0.3 is 5.97 Å². The maximum Gasteiger partial charge on any atom is 0.314 e. The van der Waals surface area contributed by atoms with E-state index in [1.807, 2.05) is 0 Å². The molecule has 0 aromatic heterocycles. The molecule has 31 atom stereocenters. The summed E-state index contributed by atoms with van der Waals surface area (Å²) in [7, 11) is 0. The Balaban J connectivity index is 0.00000822.